The summed E-state index contributed by atoms with van der Waals surface area (Å²) < 4.78 is 34.8. The van der Waals surface area contributed by atoms with Gasteiger partial charge in [0.1, 0.15) is 19.3 Å². The van der Waals surface area contributed by atoms with Gasteiger partial charge in [0.25, 0.3) is 7.82 Å². The first-order valence-corrected chi connectivity index (χ1v) is 29.8. The molecule has 2 unspecified atom stereocenters. The van der Waals surface area contributed by atoms with Crippen LogP contribution >= 0.6 is 7.82 Å². The van der Waals surface area contributed by atoms with Gasteiger partial charge in [-0.2, -0.15) is 0 Å². The Hall–Kier alpha value is -1.54. The van der Waals surface area contributed by atoms with Gasteiger partial charge in [0.2, 0.25) is 0 Å². The molecule has 0 rings (SSSR count). The van der Waals surface area contributed by atoms with E-state index in [9.17, 15) is 14.3 Å². The fourth-order valence-electron chi connectivity index (χ4n) is 7.96. The maximum Gasteiger partial charge on any atom is 0.306 e. The van der Waals surface area contributed by atoms with E-state index < -0.39 is 13.9 Å². The first-order valence-electron chi connectivity index (χ1n) is 28.4. The van der Waals surface area contributed by atoms with Gasteiger partial charge in [0.15, 0.2) is 0 Å². The minimum absolute atomic E-state index is 0.0249. The molecular weight excluding hydrogens is 854 g/mol. The van der Waals surface area contributed by atoms with Crippen molar-refractivity contribution in [2.75, 3.05) is 54.1 Å². The van der Waals surface area contributed by atoms with Crippen LogP contribution in [0.3, 0.4) is 0 Å². The quantitative estimate of drug-likeness (QED) is 0.0197. The molecule has 9 heteroatoms. The van der Waals surface area contributed by atoms with Crippen molar-refractivity contribution < 1.29 is 37.3 Å². The minimum atomic E-state index is -4.54. The molecule has 0 aromatic heterocycles. The van der Waals surface area contributed by atoms with Gasteiger partial charge < -0.3 is 27.9 Å². The summed E-state index contributed by atoms with van der Waals surface area (Å²) in [5.74, 6) is -0.335. The van der Waals surface area contributed by atoms with Gasteiger partial charge >= 0.3 is 5.97 Å². The van der Waals surface area contributed by atoms with Crippen molar-refractivity contribution in [1.82, 2.24) is 0 Å². The van der Waals surface area contributed by atoms with Crippen LogP contribution in [-0.2, 0) is 27.9 Å². The maximum absolute atomic E-state index is 12.8. The van der Waals surface area contributed by atoms with Gasteiger partial charge in [-0.05, 0) is 77.0 Å². The Morgan fingerprint density at radius 3 is 1.24 bits per heavy atom. The van der Waals surface area contributed by atoms with Gasteiger partial charge in [-0.3, -0.25) is 9.36 Å². The number of esters is 1. The molecule has 394 valence electrons. The van der Waals surface area contributed by atoms with Crippen LogP contribution in [0.2, 0.25) is 0 Å². The summed E-state index contributed by atoms with van der Waals surface area (Å²) >= 11 is 0. The van der Waals surface area contributed by atoms with Crippen molar-refractivity contribution in [3.05, 3.63) is 48.6 Å². The summed E-state index contributed by atoms with van der Waals surface area (Å²) in [7, 11) is 1.36. The number of phosphoric ester groups is 1. The number of allylic oxidation sites excluding steroid dienone is 8. The summed E-state index contributed by atoms with van der Waals surface area (Å²) in [6, 6.07) is 0. The summed E-state index contributed by atoms with van der Waals surface area (Å²) in [5.41, 5.74) is 0. The number of carbonyl (C=O) groups excluding carboxylic acids is 1. The van der Waals surface area contributed by atoms with E-state index in [1.54, 1.807) is 0 Å². The molecule has 0 N–H and O–H groups in total. The Bertz CT molecular complexity index is 1210. The highest BCUT2D eigenvalue weighted by molar-refractivity contribution is 7.45. The fraction of sp³-hybridized carbons (Fsp3) is 0.845. The lowest BCUT2D eigenvalue weighted by Crippen LogP contribution is -2.37. The lowest BCUT2D eigenvalue weighted by atomic mass is 10.1. The second-order valence-corrected chi connectivity index (χ2v) is 21.7. The van der Waals surface area contributed by atoms with E-state index >= 15 is 0 Å². The highest BCUT2D eigenvalue weighted by atomic mass is 31.2. The van der Waals surface area contributed by atoms with Crippen LogP contribution < -0.4 is 4.89 Å². The Kier molecular flexibility index (Phi) is 49.7. The monoisotopic (exact) mass is 964 g/mol. The molecule has 0 aromatic rings. The molecule has 0 saturated heterocycles. The zero-order valence-electron chi connectivity index (χ0n) is 44.9. The topological polar surface area (TPSA) is 94.1 Å². The number of hydrogen-bond donors (Lipinski definition) is 0. The summed E-state index contributed by atoms with van der Waals surface area (Å²) in [5, 5.41) is 0. The molecule has 0 aromatic carbocycles. The molecule has 0 fully saturated rings. The van der Waals surface area contributed by atoms with Crippen molar-refractivity contribution in [2.45, 2.75) is 264 Å². The Labute approximate surface area is 416 Å². The maximum atomic E-state index is 12.8. The summed E-state index contributed by atoms with van der Waals surface area (Å²) in [4.78, 5) is 25.2. The number of ether oxygens (including phenoxy) is 2. The zero-order valence-corrected chi connectivity index (χ0v) is 45.7. The van der Waals surface area contributed by atoms with Gasteiger partial charge in [0, 0.05) is 13.0 Å². The van der Waals surface area contributed by atoms with Crippen LogP contribution in [0.15, 0.2) is 48.6 Å². The molecule has 0 aliphatic carbocycles. The number of likely N-dealkylation sites (N-methyl/N-ethyl adjacent to an activating group) is 1. The van der Waals surface area contributed by atoms with E-state index in [1.807, 2.05) is 21.1 Å². The largest absolute Gasteiger partial charge is 0.756 e. The molecule has 0 spiro atoms. The van der Waals surface area contributed by atoms with E-state index in [0.717, 1.165) is 44.9 Å². The predicted octanol–water partition coefficient (Wildman–Crippen LogP) is 17.2. The SMILES string of the molecule is CCCCCCC/C=C\C/C=C\C/C=C\CCCCCCCCCCCCCOCC(COP(=O)([O-])OCC[N+](C)(C)C)OC(=O)CCCCCCCCCCC/C=C\CCCCCCCC. The van der Waals surface area contributed by atoms with Crippen molar-refractivity contribution >= 4 is 13.8 Å². The second kappa shape index (κ2) is 50.8. The Morgan fingerprint density at radius 1 is 0.463 bits per heavy atom. The Morgan fingerprint density at radius 2 is 0.821 bits per heavy atom. The molecule has 0 aliphatic rings. The molecule has 0 aliphatic heterocycles. The van der Waals surface area contributed by atoms with Crippen molar-refractivity contribution in [1.29, 1.82) is 0 Å². The molecule has 0 saturated carbocycles. The number of phosphoric acid groups is 1. The molecule has 67 heavy (non-hydrogen) atoms. The molecule has 8 nitrogen and oxygen atoms in total. The van der Waals surface area contributed by atoms with E-state index in [2.05, 4.69) is 62.5 Å². The van der Waals surface area contributed by atoms with Gasteiger partial charge in [-0.15, -0.1) is 0 Å². The molecule has 0 bridgehead atoms. The molecule has 2 atom stereocenters. The number of nitrogens with zero attached hydrogens (tertiary/aromatic N) is 1. The number of unbranched alkanes of at least 4 members (excludes halogenated alkanes) is 31. The number of quaternary nitrogens is 1. The lowest BCUT2D eigenvalue weighted by Gasteiger charge is -2.28. The third-order valence-electron chi connectivity index (χ3n) is 12.4. The van der Waals surface area contributed by atoms with Crippen LogP contribution in [0.25, 0.3) is 0 Å². The average Bonchev–Trinajstić information content (AvgIpc) is 3.29. The summed E-state index contributed by atoms with van der Waals surface area (Å²) in [6.07, 6.45) is 64.3. The second-order valence-electron chi connectivity index (χ2n) is 20.3. The predicted molar refractivity (Wildman–Crippen MR) is 286 cm³/mol. The standard InChI is InChI=1S/C58H110NO7P/c1-6-8-10-12-14-16-18-20-22-24-26-27-28-29-30-31-32-34-36-38-40-42-44-46-48-50-53-63-55-57(56-65-67(61,62)64-54-52-59(3,4)5)66-58(60)51-49-47-45-43-41-39-37-35-33-25-23-21-19-17-15-13-11-9-7-2/h18,20-21,23-24,26,28-29,57H,6-17,19,22,25,27,30-56H2,1-5H3/b20-18-,23-21-,26-24-,29-28-. The van der Waals surface area contributed by atoms with Crippen LogP contribution in [0.5, 0.6) is 0 Å². The summed E-state index contributed by atoms with van der Waals surface area (Å²) in [6.45, 7) is 5.42. The molecule has 0 amide bonds. The third-order valence-corrected chi connectivity index (χ3v) is 13.3. The molecule has 0 heterocycles. The van der Waals surface area contributed by atoms with E-state index in [4.69, 9.17) is 18.5 Å². The average molecular weight is 964 g/mol. The van der Waals surface area contributed by atoms with Gasteiger partial charge in [0.05, 0.1) is 34.4 Å². The van der Waals surface area contributed by atoms with Crippen molar-refractivity contribution in [3.8, 4) is 0 Å². The van der Waals surface area contributed by atoms with Crippen LogP contribution in [0.4, 0.5) is 0 Å². The first-order chi connectivity index (χ1) is 32.6. The van der Waals surface area contributed by atoms with E-state index in [1.165, 1.54) is 193 Å². The van der Waals surface area contributed by atoms with Crippen molar-refractivity contribution in [3.63, 3.8) is 0 Å². The zero-order chi connectivity index (χ0) is 49.0. The van der Waals surface area contributed by atoms with Crippen LogP contribution in [0, 0.1) is 0 Å². The third kappa shape index (κ3) is 55.3. The highest BCUT2D eigenvalue weighted by Crippen LogP contribution is 2.38. The molecular formula is C58H110NO7P. The highest BCUT2D eigenvalue weighted by Gasteiger charge is 2.20. The fourth-order valence-corrected chi connectivity index (χ4v) is 8.69. The van der Waals surface area contributed by atoms with E-state index in [0.29, 0.717) is 24.1 Å². The Balaban J connectivity index is 4.08. The smallest absolute Gasteiger partial charge is 0.306 e. The van der Waals surface area contributed by atoms with Crippen molar-refractivity contribution in [2.24, 2.45) is 0 Å². The normalized spacial score (nSPS) is 13.8. The first kappa shape index (κ1) is 65.5. The van der Waals surface area contributed by atoms with Crippen LogP contribution in [-0.4, -0.2) is 70.7 Å². The van der Waals surface area contributed by atoms with Gasteiger partial charge in [-0.1, -0.05) is 223 Å². The number of rotatable bonds is 53. The van der Waals surface area contributed by atoms with Crippen LogP contribution in [0.1, 0.15) is 258 Å². The molecule has 0 radical (unpaired) electrons. The number of hydrogen-bond acceptors (Lipinski definition) is 7. The number of carbonyl (C=O) groups is 1. The lowest BCUT2D eigenvalue weighted by molar-refractivity contribution is -0.870. The van der Waals surface area contributed by atoms with Gasteiger partial charge in [-0.25, -0.2) is 0 Å². The van der Waals surface area contributed by atoms with E-state index in [-0.39, 0.29) is 25.8 Å². The minimum Gasteiger partial charge on any atom is -0.756 e.